The van der Waals surface area contributed by atoms with Crippen molar-refractivity contribution in [2.45, 2.75) is 29.3 Å². The first-order valence-corrected chi connectivity index (χ1v) is 12.6. The number of benzene rings is 3. The van der Waals surface area contributed by atoms with Gasteiger partial charge in [-0.25, -0.2) is 4.98 Å². The lowest BCUT2D eigenvalue weighted by Gasteiger charge is -2.25. The van der Waals surface area contributed by atoms with Gasteiger partial charge in [0.15, 0.2) is 5.13 Å². The summed E-state index contributed by atoms with van der Waals surface area (Å²) in [6, 6.07) is 27.6. The standard InChI is InChI=1S/C27H22N4OS2/c28-16-20-10-4-6-12-23(20)33-24-13-7-5-11-21(24)26(32)30-27-29-22-14-15-31(18-25(22)34-27)17-19-8-2-1-3-9-19/h1-13H,14-15,17-18H2,(H,29,30,32). The molecule has 5 rings (SSSR count). The Morgan fingerprint density at radius 1 is 1.03 bits per heavy atom. The fourth-order valence-electron chi connectivity index (χ4n) is 3.95. The van der Waals surface area contributed by atoms with Crippen LogP contribution in [0.3, 0.4) is 0 Å². The van der Waals surface area contributed by atoms with Gasteiger partial charge in [0.25, 0.3) is 5.91 Å². The van der Waals surface area contributed by atoms with Gasteiger partial charge < -0.3 is 0 Å². The Labute approximate surface area is 207 Å². The molecule has 5 nitrogen and oxygen atoms in total. The molecule has 34 heavy (non-hydrogen) atoms. The highest BCUT2D eigenvalue weighted by Gasteiger charge is 2.22. The third kappa shape index (κ3) is 5.05. The van der Waals surface area contributed by atoms with E-state index in [9.17, 15) is 10.1 Å². The van der Waals surface area contributed by atoms with Gasteiger partial charge in [-0.2, -0.15) is 5.26 Å². The van der Waals surface area contributed by atoms with Crippen molar-refractivity contribution in [3.05, 3.63) is 106 Å². The Hall–Kier alpha value is -3.44. The van der Waals surface area contributed by atoms with Gasteiger partial charge in [-0.3, -0.25) is 15.0 Å². The predicted octanol–water partition coefficient (Wildman–Crippen LogP) is 5.98. The number of rotatable bonds is 6. The van der Waals surface area contributed by atoms with Gasteiger partial charge in [-0.05, 0) is 29.8 Å². The number of amides is 1. The van der Waals surface area contributed by atoms with Crippen LogP contribution in [0.25, 0.3) is 0 Å². The molecular formula is C27H22N4OS2. The summed E-state index contributed by atoms with van der Waals surface area (Å²) in [5.74, 6) is -0.190. The Bertz CT molecular complexity index is 1360. The number of nitrogens with zero attached hydrogens (tertiary/aromatic N) is 3. The van der Waals surface area contributed by atoms with Crippen LogP contribution in [0.4, 0.5) is 5.13 Å². The van der Waals surface area contributed by atoms with Crippen molar-refractivity contribution in [2.75, 3.05) is 11.9 Å². The Kier molecular flexibility index (Phi) is 6.72. The molecule has 4 aromatic rings. The Balaban J connectivity index is 1.29. The van der Waals surface area contributed by atoms with Gasteiger partial charge in [-0.1, -0.05) is 66.4 Å². The highest BCUT2D eigenvalue weighted by atomic mass is 32.2. The summed E-state index contributed by atoms with van der Waals surface area (Å²) in [5.41, 5.74) is 3.54. The first-order valence-electron chi connectivity index (χ1n) is 11.0. The van der Waals surface area contributed by atoms with Crippen molar-refractivity contribution in [2.24, 2.45) is 0 Å². The Morgan fingerprint density at radius 3 is 2.59 bits per heavy atom. The highest BCUT2D eigenvalue weighted by molar-refractivity contribution is 7.99. The zero-order valence-corrected chi connectivity index (χ0v) is 20.0. The van der Waals surface area contributed by atoms with E-state index in [2.05, 4.69) is 40.6 Å². The topological polar surface area (TPSA) is 69.0 Å². The summed E-state index contributed by atoms with van der Waals surface area (Å²) in [5, 5.41) is 13.0. The maximum absolute atomic E-state index is 13.2. The average molecular weight is 483 g/mol. The van der Waals surface area contributed by atoms with E-state index in [1.54, 1.807) is 17.4 Å². The van der Waals surface area contributed by atoms with Crippen LogP contribution in [0.5, 0.6) is 0 Å². The van der Waals surface area contributed by atoms with Crippen molar-refractivity contribution in [3.8, 4) is 6.07 Å². The summed E-state index contributed by atoms with van der Waals surface area (Å²) in [4.78, 5) is 23.1. The predicted molar refractivity (Wildman–Crippen MR) is 136 cm³/mol. The molecular weight excluding hydrogens is 460 g/mol. The molecule has 1 amide bonds. The molecule has 0 saturated carbocycles. The number of fused-ring (bicyclic) bond motifs is 1. The molecule has 0 bridgehead atoms. The van der Waals surface area contributed by atoms with Gasteiger partial charge in [-0.15, -0.1) is 11.3 Å². The third-order valence-electron chi connectivity index (χ3n) is 5.64. The van der Waals surface area contributed by atoms with Crippen LogP contribution >= 0.6 is 23.1 Å². The molecule has 0 fully saturated rings. The molecule has 1 aliphatic rings. The van der Waals surface area contributed by atoms with E-state index in [1.165, 1.54) is 22.2 Å². The molecule has 0 saturated heterocycles. The van der Waals surface area contributed by atoms with Crippen LogP contribution in [-0.2, 0) is 19.5 Å². The summed E-state index contributed by atoms with van der Waals surface area (Å²) < 4.78 is 0. The van der Waals surface area contributed by atoms with E-state index in [0.29, 0.717) is 16.3 Å². The van der Waals surface area contributed by atoms with Crippen molar-refractivity contribution >= 4 is 34.1 Å². The number of anilines is 1. The van der Waals surface area contributed by atoms with Crippen molar-refractivity contribution in [1.29, 1.82) is 5.26 Å². The second-order valence-electron chi connectivity index (χ2n) is 8.00. The number of carbonyl (C=O) groups is 1. The zero-order valence-electron chi connectivity index (χ0n) is 18.4. The lowest BCUT2D eigenvalue weighted by atomic mass is 10.1. The molecule has 0 aliphatic carbocycles. The normalized spacial score (nSPS) is 13.1. The average Bonchev–Trinajstić information content (AvgIpc) is 3.27. The number of nitrogens with one attached hydrogen (secondary N) is 1. The second-order valence-corrected chi connectivity index (χ2v) is 10.2. The zero-order chi connectivity index (χ0) is 23.3. The number of carbonyl (C=O) groups excluding carboxylic acids is 1. The van der Waals surface area contributed by atoms with Gasteiger partial charge in [0.05, 0.1) is 16.8 Å². The van der Waals surface area contributed by atoms with Crippen LogP contribution in [0.1, 0.15) is 32.1 Å². The van der Waals surface area contributed by atoms with E-state index in [4.69, 9.17) is 4.98 Å². The van der Waals surface area contributed by atoms with Gasteiger partial charge in [0.1, 0.15) is 6.07 Å². The maximum atomic E-state index is 13.2. The number of nitriles is 1. The van der Waals surface area contributed by atoms with Gasteiger partial charge in [0.2, 0.25) is 0 Å². The van der Waals surface area contributed by atoms with E-state index in [1.807, 2.05) is 48.5 Å². The number of hydrogen-bond acceptors (Lipinski definition) is 6. The fourth-order valence-corrected chi connectivity index (χ4v) is 6.02. The van der Waals surface area contributed by atoms with Crippen LogP contribution in [-0.4, -0.2) is 22.3 Å². The minimum Gasteiger partial charge on any atom is -0.298 e. The lowest BCUT2D eigenvalue weighted by Crippen LogP contribution is -2.29. The van der Waals surface area contributed by atoms with Crippen LogP contribution in [0.2, 0.25) is 0 Å². The molecule has 0 spiro atoms. The third-order valence-corrected chi connectivity index (χ3v) is 7.79. The van der Waals surface area contributed by atoms with E-state index in [0.717, 1.165) is 41.5 Å². The quantitative estimate of drug-likeness (QED) is 0.366. The fraction of sp³-hybridized carbons (Fsp3) is 0.148. The molecule has 3 aromatic carbocycles. The lowest BCUT2D eigenvalue weighted by molar-refractivity contribution is 0.102. The molecule has 2 heterocycles. The molecule has 168 valence electrons. The number of thiazole rings is 1. The van der Waals surface area contributed by atoms with E-state index in [-0.39, 0.29) is 5.91 Å². The van der Waals surface area contributed by atoms with Crippen molar-refractivity contribution in [1.82, 2.24) is 9.88 Å². The first kappa shape index (κ1) is 22.4. The van der Waals surface area contributed by atoms with Crippen molar-refractivity contribution < 1.29 is 4.79 Å². The van der Waals surface area contributed by atoms with Gasteiger partial charge >= 0.3 is 0 Å². The summed E-state index contributed by atoms with van der Waals surface area (Å²) in [6.07, 6.45) is 0.881. The first-order chi connectivity index (χ1) is 16.7. The molecule has 7 heteroatoms. The maximum Gasteiger partial charge on any atom is 0.258 e. The van der Waals surface area contributed by atoms with Gasteiger partial charge in [0, 0.05) is 40.7 Å². The minimum absolute atomic E-state index is 0.190. The van der Waals surface area contributed by atoms with Crippen LogP contribution < -0.4 is 5.32 Å². The minimum atomic E-state index is -0.190. The highest BCUT2D eigenvalue weighted by Crippen LogP contribution is 2.34. The molecule has 1 aromatic heterocycles. The summed E-state index contributed by atoms with van der Waals surface area (Å²) >= 11 is 2.98. The number of aromatic nitrogens is 1. The molecule has 0 radical (unpaired) electrons. The van der Waals surface area contributed by atoms with E-state index < -0.39 is 0 Å². The smallest absolute Gasteiger partial charge is 0.258 e. The summed E-state index contributed by atoms with van der Waals surface area (Å²) in [7, 11) is 0. The van der Waals surface area contributed by atoms with E-state index >= 15 is 0 Å². The SMILES string of the molecule is N#Cc1ccccc1Sc1ccccc1C(=O)Nc1nc2c(s1)CN(Cc1ccccc1)CC2. The number of hydrogen-bond donors (Lipinski definition) is 1. The van der Waals surface area contributed by atoms with Crippen molar-refractivity contribution in [3.63, 3.8) is 0 Å². The monoisotopic (exact) mass is 482 g/mol. The molecule has 0 atom stereocenters. The largest absolute Gasteiger partial charge is 0.298 e. The van der Waals surface area contributed by atoms with Crippen LogP contribution in [0, 0.1) is 11.3 Å². The summed E-state index contributed by atoms with van der Waals surface area (Å²) in [6.45, 7) is 2.71. The van der Waals surface area contributed by atoms with Crippen LogP contribution in [0.15, 0.2) is 88.7 Å². The second kappa shape index (κ2) is 10.2. The Morgan fingerprint density at radius 2 is 1.76 bits per heavy atom. The molecule has 1 aliphatic heterocycles. The molecule has 0 unspecified atom stereocenters. The molecule has 1 N–H and O–H groups in total.